The number of hydrogen-bond acceptors (Lipinski definition) is 6. The smallest absolute Gasteiger partial charge is 0.410 e. The zero-order valence-electron chi connectivity index (χ0n) is 27.9. The van der Waals surface area contributed by atoms with Gasteiger partial charge in [0.15, 0.2) is 9.76 Å². The SMILES string of the molecule is COc1ccc(-c2ncccc2N2CCN(C(=O)OC(C)(C)C)[C@H](C(C)(C)O[SiH2]C(C)(C)C)C2)c(-n2c(C)ccc2C)c1. The van der Waals surface area contributed by atoms with Gasteiger partial charge in [0, 0.05) is 48.8 Å². The minimum atomic E-state index is -0.878. The molecule has 0 spiro atoms. The molecule has 0 bridgehead atoms. The number of methoxy groups -OCH3 is 1. The monoisotopic (exact) mass is 606 g/mol. The highest BCUT2D eigenvalue weighted by Crippen LogP contribution is 2.38. The summed E-state index contributed by atoms with van der Waals surface area (Å²) in [5.74, 6) is 0.789. The molecule has 0 N–H and O–H groups in total. The minimum absolute atomic E-state index is 0.123. The molecular formula is C34H50N4O4Si. The molecule has 0 unspecified atom stereocenters. The lowest BCUT2D eigenvalue weighted by atomic mass is 9.94. The molecule has 1 aromatic carbocycles. The van der Waals surface area contributed by atoms with Gasteiger partial charge in [0.25, 0.3) is 0 Å². The standard InChI is InChI=1S/C34H50N4O4Si/c1-23-14-15-24(2)38(23)28-21-25(40-11)16-17-26(28)30-27(13-12-18-35-30)36-19-20-37(31(39)41-32(3,4)5)29(22-36)34(9,10)42-43-33(6,7)8/h12-18,21,29H,19-20,22,43H2,1-11H3/t29-/m0/s1. The molecule has 3 aromatic rings. The van der Waals surface area contributed by atoms with Crippen molar-refractivity contribution in [2.75, 3.05) is 31.6 Å². The first-order valence-corrected chi connectivity index (χ1v) is 16.5. The summed E-state index contributed by atoms with van der Waals surface area (Å²) in [4.78, 5) is 22.7. The van der Waals surface area contributed by atoms with Crippen molar-refractivity contribution in [1.82, 2.24) is 14.5 Å². The molecule has 9 heteroatoms. The first-order valence-electron chi connectivity index (χ1n) is 15.2. The van der Waals surface area contributed by atoms with Crippen LogP contribution in [-0.2, 0) is 9.16 Å². The molecule has 2 aromatic heterocycles. The molecule has 4 rings (SSSR count). The molecule has 1 aliphatic rings. The lowest BCUT2D eigenvalue weighted by molar-refractivity contribution is -0.0296. The van der Waals surface area contributed by atoms with Gasteiger partial charge in [-0.25, -0.2) is 4.79 Å². The van der Waals surface area contributed by atoms with Crippen molar-refractivity contribution >= 4 is 21.5 Å². The van der Waals surface area contributed by atoms with Crippen molar-refractivity contribution in [2.24, 2.45) is 0 Å². The Bertz CT molecular complexity index is 1420. The van der Waals surface area contributed by atoms with Crippen LogP contribution in [-0.4, -0.2) is 74.3 Å². The van der Waals surface area contributed by atoms with Crippen molar-refractivity contribution in [1.29, 1.82) is 0 Å². The van der Waals surface area contributed by atoms with Crippen LogP contribution in [0.4, 0.5) is 10.5 Å². The first-order chi connectivity index (χ1) is 20.0. The summed E-state index contributed by atoms with van der Waals surface area (Å²) >= 11 is 0. The summed E-state index contributed by atoms with van der Waals surface area (Å²) in [6, 6.07) is 14.3. The molecule has 1 aliphatic heterocycles. The van der Waals surface area contributed by atoms with E-state index in [2.05, 4.69) is 88.3 Å². The molecule has 1 fully saturated rings. The van der Waals surface area contributed by atoms with E-state index in [9.17, 15) is 4.79 Å². The highest BCUT2D eigenvalue weighted by atomic mass is 28.2. The average molecular weight is 607 g/mol. The van der Waals surface area contributed by atoms with Crippen LogP contribution in [0.3, 0.4) is 0 Å². The maximum absolute atomic E-state index is 13.5. The maximum atomic E-state index is 13.5. The van der Waals surface area contributed by atoms with E-state index in [0.29, 0.717) is 19.6 Å². The number of piperazine rings is 1. The van der Waals surface area contributed by atoms with Gasteiger partial charge in [-0.1, -0.05) is 20.8 Å². The highest BCUT2D eigenvalue weighted by molar-refractivity contribution is 6.31. The summed E-state index contributed by atoms with van der Waals surface area (Å²) in [6.07, 6.45) is 1.55. The third-order valence-corrected chi connectivity index (χ3v) is 9.54. The second-order valence-corrected chi connectivity index (χ2v) is 17.0. The van der Waals surface area contributed by atoms with Gasteiger partial charge in [0.05, 0.1) is 35.8 Å². The van der Waals surface area contributed by atoms with Crippen LogP contribution < -0.4 is 9.64 Å². The predicted molar refractivity (Wildman–Crippen MR) is 177 cm³/mol. The largest absolute Gasteiger partial charge is 0.497 e. The van der Waals surface area contributed by atoms with E-state index in [1.54, 1.807) is 7.11 Å². The van der Waals surface area contributed by atoms with Crippen LogP contribution in [0.2, 0.25) is 5.04 Å². The Morgan fingerprint density at radius 2 is 1.60 bits per heavy atom. The number of nitrogens with zero attached hydrogens (tertiary/aromatic N) is 4. The summed E-state index contributed by atoms with van der Waals surface area (Å²) in [5, 5.41) is 0.123. The van der Waals surface area contributed by atoms with E-state index in [1.807, 2.05) is 44.0 Å². The van der Waals surface area contributed by atoms with Gasteiger partial charge >= 0.3 is 6.09 Å². The fraction of sp³-hybridized carbons (Fsp3) is 0.529. The molecule has 0 radical (unpaired) electrons. The van der Waals surface area contributed by atoms with E-state index in [-0.39, 0.29) is 17.2 Å². The van der Waals surface area contributed by atoms with E-state index < -0.39 is 21.0 Å². The maximum Gasteiger partial charge on any atom is 0.410 e. The Kier molecular flexibility index (Phi) is 9.37. The van der Waals surface area contributed by atoms with Crippen molar-refractivity contribution in [3.63, 3.8) is 0 Å². The van der Waals surface area contributed by atoms with Crippen LogP contribution >= 0.6 is 0 Å². The first kappa shape index (κ1) is 32.6. The van der Waals surface area contributed by atoms with Gasteiger partial charge in [-0.2, -0.15) is 0 Å². The minimum Gasteiger partial charge on any atom is -0.497 e. The van der Waals surface area contributed by atoms with Gasteiger partial charge < -0.3 is 23.4 Å². The van der Waals surface area contributed by atoms with Crippen molar-refractivity contribution in [2.45, 2.75) is 91.5 Å². The molecule has 1 saturated heterocycles. The fourth-order valence-electron chi connectivity index (χ4n) is 5.57. The van der Waals surface area contributed by atoms with Crippen molar-refractivity contribution in [3.8, 4) is 22.7 Å². The number of hydrogen-bond donors (Lipinski definition) is 0. The zero-order chi connectivity index (χ0) is 31.7. The molecular weight excluding hydrogens is 556 g/mol. The highest BCUT2D eigenvalue weighted by Gasteiger charge is 2.43. The van der Waals surface area contributed by atoms with E-state index in [4.69, 9.17) is 18.9 Å². The number of carbonyl (C=O) groups is 1. The number of amides is 1. The number of aryl methyl sites for hydroxylation is 2. The number of carbonyl (C=O) groups excluding carboxylic acids is 1. The Hall–Kier alpha value is -3.30. The Morgan fingerprint density at radius 3 is 2.21 bits per heavy atom. The predicted octanol–water partition coefficient (Wildman–Crippen LogP) is 6.69. The fourth-order valence-corrected chi connectivity index (χ4v) is 6.56. The van der Waals surface area contributed by atoms with Crippen LogP contribution in [0.15, 0.2) is 48.7 Å². The summed E-state index contributed by atoms with van der Waals surface area (Å²) in [5.41, 5.74) is 5.06. The van der Waals surface area contributed by atoms with E-state index in [0.717, 1.165) is 39.8 Å². The van der Waals surface area contributed by atoms with Crippen molar-refractivity contribution in [3.05, 3.63) is 60.0 Å². The van der Waals surface area contributed by atoms with Gasteiger partial charge in [-0.15, -0.1) is 0 Å². The number of aromatic nitrogens is 2. The van der Waals surface area contributed by atoms with Gasteiger partial charge in [-0.3, -0.25) is 9.88 Å². The van der Waals surface area contributed by atoms with Crippen LogP contribution in [0.25, 0.3) is 16.9 Å². The lowest BCUT2D eigenvalue weighted by Gasteiger charge is -2.49. The van der Waals surface area contributed by atoms with E-state index in [1.165, 1.54) is 0 Å². The second-order valence-electron chi connectivity index (χ2n) is 14.3. The quantitative estimate of drug-likeness (QED) is 0.279. The zero-order valence-corrected chi connectivity index (χ0v) is 29.4. The Morgan fingerprint density at radius 1 is 0.930 bits per heavy atom. The molecule has 0 aliphatic carbocycles. The normalized spacial score (nSPS) is 16.7. The molecule has 3 heterocycles. The molecule has 1 amide bonds. The summed E-state index contributed by atoms with van der Waals surface area (Å²) in [6.45, 7) is 22.6. The summed E-state index contributed by atoms with van der Waals surface area (Å²) < 4.78 is 20.5. The third kappa shape index (κ3) is 7.62. The van der Waals surface area contributed by atoms with Crippen LogP contribution in [0.5, 0.6) is 5.75 Å². The number of benzene rings is 1. The van der Waals surface area contributed by atoms with Gasteiger partial charge in [0.2, 0.25) is 0 Å². The Balaban J connectivity index is 1.77. The molecule has 234 valence electrons. The molecule has 43 heavy (non-hydrogen) atoms. The average Bonchev–Trinajstić information content (AvgIpc) is 3.27. The third-order valence-electron chi connectivity index (χ3n) is 7.79. The summed E-state index contributed by atoms with van der Waals surface area (Å²) in [7, 11) is 0.813. The van der Waals surface area contributed by atoms with E-state index >= 15 is 0 Å². The Labute approximate surface area is 260 Å². The number of anilines is 1. The topological polar surface area (TPSA) is 69.1 Å². The molecule has 8 nitrogen and oxygen atoms in total. The number of ether oxygens (including phenoxy) is 2. The number of rotatable bonds is 7. The molecule has 0 saturated carbocycles. The lowest BCUT2D eigenvalue weighted by Crippen LogP contribution is -2.64. The van der Waals surface area contributed by atoms with Crippen molar-refractivity contribution < 1.29 is 18.7 Å². The van der Waals surface area contributed by atoms with Crippen LogP contribution in [0.1, 0.15) is 66.8 Å². The van der Waals surface area contributed by atoms with Gasteiger partial charge in [0.1, 0.15) is 11.4 Å². The van der Waals surface area contributed by atoms with Gasteiger partial charge in [-0.05, 0) is 89.9 Å². The molecule has 1 atom stereocenters. The van der Waals surface area contributed by atoms with Crippen LogP contribution in [0, 0.1) is 13.8 Å². The second kappa shape index (κ2) is 12.4. The number of pyridine rings is 1.